The Bertz CT molecular complexity index is 292. The highest BCUT2D eigenvalue weighted by atomic mass is 19.4. The third-order valence-electron chi connectivity index (χ3n) is 3.18. The quantitative estimate of drug-likeness (QED) is 0.650. The third kappa shape index (κ3) is 1.29. The van der Waals surface area contributed by atoms with Gasteiger partial charge in [0.25, 0.3) is 0 Å². The summed E-state index contributed by atoms with van der Waals surface area (Å²) in [6, 6.07) is 0. The van der Waals surface area contributed by atoms with Crippen molar-refractivity contribution in [2.24, 2.45) is 17.8 Å². The Kier molecular flexibility index (Phi) is 2.00. The molecule has 0 heterocycles. The van der Waals surface area contributed by atoms with Crippen LogP contribution in [0.4, 0.5) is 13.2 Å². The molecule has 0 aliphatic heterocycles. The first kappa shape index (κ1) is 9.77. The van der Waals surface area contributed by atoms with Gasteiger partial charge in [0.2, 0.25) is 0 Å². The second kappa shape index (κ2) is 2.86. The summed E-state index contributed by atoms with van der Waals surface area (Å²) in [5, 5.41) is 9.60. The summed E-state index contributed by atoms with van der Waals surface area (Å²) >= 11 is 0. The van der Waals surface area contributed by atoms with Gasteiger partial charge < -0.3 is 5.11 Å². The highest BCUT2D eigenvalue weighted by Gasteiger charge is 2.50. The van der Waals surface area contributed by atoms with Crippen LogP contribution in [0.15, 0.2) is 24.3 Å². The molecular weight excluding hydrogens is 193 g/mol. The van der Waals surface area contributed by atoms with E-state index in [9.17, 15) is 18.3 Å². The molecule has 0 spiro atoms. The van der Waals surface area contributed by atoms with Crippen molar-refractivity contribution in [2.75, 3.05) is 0 Å². The van der Waals surface area contributed by atoms with Crippen molar-refractivity contribution in [1.29, 1.82) is 0 Å². The standard InChI is InChI=1S/C10H11F3O/c1-5(10(11,12)13)8-6-2-3-7(4-6)9(8)14/h2-3,6-9,14H,1,4H2. The van der Waals surface area contributed by atoms with E-state index < -0.39 is 23.8 Å². The molecule has 14 heavy (non-hydrogen) atoms. The highest BCUT2D eigenvalue weighted by Crippen LogP contribution is 2.49. The molecule has 4 heteroatoms. The summed E-state index contributed by atoms with van der Waals surface area (Å²) in [5.74, 6) is -1.11. The molecule has 0 radical (unpaired) electrons. The molecule has 2 rings (SSSR count). The minimum Gasteiger partial charge on any atom is -0.392 e. The Morgan fingerprint density at radius 1 is 1.29 bits per heavy atom. The van der Waals surface area contributed by atoms with E-state index in [0.717, 1.165) is 0 Å². The summed E-state index contributed by atoms with van der Waals surface area (Å²) in [5.41, 5.74) is -0.790. The van der Waals surface area contributed by atoms with Crippen LogP contribution in [0.3, 0.4) is 0 Å². The van der Waals surface area contributed by atoms with Crippen molar-refractivity contribution < 1.29 is 18.3 Å². The number of hydrogen-bond donors (Lipinski definition) is 1. The van der Waals surface area contributed by atoms with E-state index in [1.807, 2.05) is 0 Å². The molecule has 0 saturated heterocycles. The summed E-state index contributed by atoms with van der Waals surface area (Å²) in [6.07, 6.45) is -1.10. The van der Waals surface area contributed by atoms with Crippen molar-refractivity contribution in [3.05, 3.63) is 24.3 Å². The monoisotopic (exact) mass is 204 g/mol. The predicted octanol–water partition coefficient (Wildman–Crippen LogP) is 2.29. The maximum absolute atomic E-state index is 12.4. The lowest BCUT2D eigenvalue weighted by atomic mass is 9.85. The van der Waals surface area contributed by atoms with E-state index in [-0.39, 0.29) is 11.8 Å². The molecule has 2 aliphatic carbocycles. The van der Waals surface area contributed by atoms with Gasteiger partial charge in [-0.1, -0.05) is 18.7 Å². The van der Waals surface area contributed by atoms with E-state index in [1.165, 1.54) is 0 Å². The van der Waals surface area contributed by atoms with Crippen LogP contribution in [0.25, 0.3) is 0 Å². The topological polar surface area (TPSA) is 20.2 Å². The van der Waals surface area contributed by atoms with Gasteiger partial charge in [-0.2, -0.15) is 13.2 Å². The van der Waals surface area contributed by atoms with E-state index in [0.29, 0.717) is 6.42 Å². The Hall–Kier alpha value is -0.770. The second-order valence-corrected chi connectivity index (χ2v) is 3.99. The van der Waals surface area contributed by atoms with Gasteiger partial charge in [0.15, 0.2) is 0 Å². The number of fused-ring (bicyclic) bond motifs is 2. The lowest BCUT2D eigenvalue weighted by Gasteiger charge is -2.26. The molecule has 78 valence electrons. The summed E-state index contributed by atoms with van der Waals surface area (Å²) in [6.45, 7) is 3.06. The normalized spacial score (nSPS) is 40.6. The molecule has 0 amide bonds. The van der Waals surface area contributed by atoms with Crippen LogP contribution in [0.5, 0.6) is 0 Å². The number of hydrogen-bond acceptors (Lipinski definition) is 1. The Morgan fingerprint density at radius 3 is 2.29 bits per heavy atom. The lowest BCUT2D eigenvalue weighted by Crippen LogP contribution is -2.31. The minimum absolute atomic E-state index is 0.107. The molecule has 0 aromatic rings. The van der Waals surface area contributed by atoms with Gasteiger partial charge in [-0.05, 0) is 12.3 Å². The zero-order valence-electron chi connectivity index (χ0n) is 7.46. The maximum atomic E-state index is 12.4. The van der Waals surface area contributed by atoms with Gasteiger partial charge in [0.05, 0.1) is 6.10 Å². The van der Waals surface area contributed by atoms with Crippen LogP contribution in [-0.4, -0.2) is 17.4 Å². The fraction of sp³-hybridized carbons (Fsp3) is 0.600. The molecule has 1 fully saturated rings. The number of alkyl halides is 3. The molecule has 4 unspecified atom stereocenters. The van der Waals surface area contributed by atoms with Gasteiger partial charge in [-0.15, -0.1) is 0 Å². The highest BCUT2D eigenvalue weighted by molar-refractivity contribution is 5.24. The largest absolute Gasteiger partial charge is 0.412 e. The molecule has 1 nitrogen and oxygen atoms in total. The van der Waals surface area contributed by atoms with Gasteiger partial charge in [-0.25, -0.2) is 0 Å². The molecule has 2 aliphatic rings. The number of aliphatic hydroxyl groups is 1. The minimum atomic E-state index is -4.38. The summed E-state index contributed by atoms with van der Waals surface area (Å²) < 4.78 is 37.1. The Morgan fingerprint density at radius 2 is 1.86 bits per heavy atom. The van der Waals surface area contributed by atoms with Crippen molar-refractivity contribution in [3.63, 3.8) is 0 Å². The first-order chi connectivity index (χ1) is 6.41. The summed E-state index contributed by atoms with van der Waals surface area (Å²) in [7, 11) is 0. The first-order valence-electron chi connectivity index (χ1n) is 4.53. The van der Waals surface area contributed by atoms with Crippen LogP contribution in [0, 0.1) is 17.8 Å². The van der Waals surface area contributed by atoms with Gasteiger partial charge >= 0.3 is 6.18 Å². The molecule has 0 aromatic heterocycles. The van der Waals surface area contributed by atoms with Gasteiger partial charge in [-0.3, -0.25) is 0 Å². The number of aliphatic hydroxyl groups excluding tert-OH is 1. The Balaban J connectivity index is 2.21. The van der Waals surface area contributed by atoms with E-state index in [1.54, 1.807) is 12.2 Å². The van der Waals surface area contributed by atoms with Crippen molar-refractivity contribution in [1.82, 2.24) is 0 Å². The van der Waals surface area contributed by atoms with Crippen LogP contribution >= 0.6 is 0 Å². The third-order valence-corrected chi connectivity index (χ3v) is 3.18. The van der Waals surface area contributed by atoms with Crippen LogP contribution in [0.2, 0.25) is 0 Å². The van der Waals surface area contributed by atoms with Crippen LogP contribution in [-0.2, 0) is 0 Å². The number of rotatable bonds is 1. The molecule has 1 saturated carbocycles. The molecule has 2 bridgehead atoms. The fourth-order valence-electron chi connectivity index (χ4n) is 2.45. The van der Waals surface area contributed by atoms with Crippen molar-refractivity contribution in [3.8, 4) is 0 Å². The van der Waals surface area contributed by atoms with Crippen LogP contribution < -0.4 is 0 Å². The number of allylic oxidation sites excluding steroid dienone is 1. The zero-order chi connectivity index (χ0) is 10.5. The molecule has 0 aromatic carbocycles. The SMILES string of the molecule is C=C(C1C2C=CC(C2)C1O)C(F)(F)F. The molecular formula is C10H11F3O. The smallest absolute Gasteiger partial charge is 0.392 e. The van der Waals surface area contributed by atoms with Gasteiger partial charge in [0, 0.05) is 17.4 Å². The lowest BCUT2D eigenvalue weighted by molar-refractivity contribution is -0.105. The van der Waals surface area contributed by atoms with E-state index >= 15 is 0 Å². The van der Waals surface area contributed by atoms with Crippen LogP contribution in [0.1, 0.15) is 6.42 Å². The van der Waals surface area contributed by atoms with Crippen molar-refractivity contribution in [2.45, 2.75) is 18.7 Å². The molecule has 4 atom stereocenters. The van der Waals surface area contributed by atoms with Gasteiger partial charge in [0.1, 0.15) is 0 Å². The fourth-order valence-corrected chi connectivity index (χ4v) is 2.45. The van der Waals surface area contributed by atoms with E-state index in [4.69, 9.17) is 0 Å². The number of halogens is 3. The second-order valence-electron chi connectivity index (χ2n) is 3.99. The maximum Gasteiger partial charge on any atom is 0.412 e. The molecule has 1 N–H and O–H groups in total. The van der Waals surface area contributed by atoms with Crippen molar-refractivity contribution >= 4 is 0 Å². The Labute approximate surface area is 79.9 Å². The zero-order valence-corrected chi connectivity index (χ0v) is 7.46. The first-order valence-corrected chi connectivity index (χ1v) is 4.53. The summed E-state index contributed by atoms with van der Waals surface area (Å²) in [4.78, 5) is 0. The predicted molar refractivity (Wildman–Crippen MR) is 45.4 cm³/mol. The van der Waals surface area contributed by atoms with E-state index in [2.05, 4.69) is 6.58 Å². The average Bonchev–Trinajstić information content (AvgIpc) is 2.61. The average molecular weight is 204 g/mol.